The number of methoxy groups -OCH3 is 2. The van der Waals surface area contributed by atoms with E-state index in [9.17, 15) is 14.4 Å². The Labute approximate surface area is 157 Å². The fourth-order valence-electron chi connectivity index (χ4n) is 2.53. The highest BCUT2D eigenvalue weighted by Gasteiger charge is 2.18. The van der Waals surface area contributed by atoms with Gasteiger partial charge >= 0.3 is 5.97 Å². The lowest BCUT2D eigenvalue weighted by atomic mass is 10.2. The number of carbonyl (C=O) groups is 3. The lowest BCUT2D eigenvalue weighted by Crippen LogP contribution is -2.36. The first kappa shape index (κ1) is 20.0. The Morgan fingerprint density at radius 3 is 2.26 bits per heavy atom. The van der Waals surface area contributed by atoms with E-state index in [-0.39, 0.29) is 18.4 Å². The van der Waals surface area contributed by atoms with E-state index >= 15 is 0 Å². The van der Waals surface area contributed by atoms with E-state index < -0.39 is 5.97 Å². The number of rotatable bonds is 6. The fraction of sp³-hybridized carbons (Fsp3) is 0.250. The molecule has 2 aromatic rings. The Morgan fingerprint density at radius 1 is 1.04 bits per heavy atom. The number of carbonyl (C=O) groups excluding carboxylic acids is 3. The molecule has 0 spiro atoms. The molecular formula is C20H22N2O5. The van der Waals surface area contributed by atoms with E-state index in [0.717, 1.165) is 5.56 Å². The highest BCUT2D eigenvalue weighted by molar-refractivity contribution is 6.02. The van der Waals surface area contributed by atoms with Crippen LogP contribution in [0.25, 0.3) is 0 Å². The lowest BCUT2D eigenvalue weighted by Gasteiger charge is -2.21. The molecule has 0 aliphatic carbocycles. The van der Waals surface area contributed by atoms with Crippen molar-refractivity contribution in [1.29, 1.82) is 0 Å². The first-order chi connectivity index (χ1) is 12.8. The van der Waals surface area contributed by atoms with Crippen LogP contribution in [0.2, 0.25) is 0 Å². The molecule has 0 bridgehead atoms. The third kappa shape index (κ3) is 5.07. The number of amides is 2. The van der Waals surface area contributed by atoms with Crippen LogP contribution in [0.15, 0.2) is 42.5 Å². The molecule has 27 heavy (non-hydrogen) atoms. The van der Waals surface area contributed by atoms with Crippen molar-refractivity contribution in [1.82, 2.24) is 0 Å². The van der Waals surface area contributed by atoms with Gasteiger partial charge in [-0.15, -0.1) is 0 Å². The number of hydrogen-bond donors (Lipinski definition) is 1. The molecule has 0 atom stereocenters. The summed E-state index contributed by atoms with van der Waals surface area (Å²) in [6.45, 7) is 3.10. The smallest absolute Gasteiger partial charge is 0.337 e. The molecular weight excluding hydrogens is 348 g/mol. The van der Waals surface area contributed by atoms with Crippen LogP contribution in [-0.4, -0.2) is 38.5 Å². The van der Waals surface area contributed by atoms with Crippen molar-refractivity contribution in [3.8, 4) is 5.75 Å². The largest absolute Gasteiger partial charge is 0.495 e. The number of esters is 1. The highest BCUT2D eigenvalue weighted by Crippen LogP contribution is 2.25. The molecule has 2 aromatic carbocycles. The summed E-state index contributed by atoms with van der Waals surface area (Å²) >= 11 is 0. The number of hydrogen-bond acceptors (Lipinski definition) is 5. The maximum absolute atomic E-state index is 12.5. The summed E-state index contributed by atoms with van der Waals surface area (Å²) < 4.78 is 9.90. The van der Waals surface area contributed by atoms with Gasteiger partial charge in [-0.2, -0.15) is 0 Å². The first-order valence-electron chi connectivity index (χ1n) is 8.26. The predicted molar refractivity (Wildman–Crippen MR) is 102 cm³/mol. The number of benzene rings is 2. The van der Waals surface area contributed by atoms with Crippen molar-refractivity contribution < 1.29 is 23.9 Å². The van der Waals surface area contributed by atoms with Gasteiger partial charge in [0, 0.05) is 12.6 Å². The monoisotopic (exact) mass is 370 g/mol. The Balaban J connectivity index is 2.16. The molecule has 0 heterocycles. The zero-order chi connectivity index (χ0) is 20.0. The van der Waals surface area contributed by atoms with E-state index in [2.05, 4.69) is 10.1 Å². The zero-order valence-electron chi connectivity index (χ0n) is 15.7. The molecule has 2 rings (SSSR count). The number of anilines is 2. The quantitative estimate of drug-likeness (QED) is 0.791. The van der Waals surface area contributed by atoms with E-state index in [1.165, 1.54) is 26.0 Å². The summed E-state index contributed by atoms with van der Waals surface area (Å²) in [5.41, 5.74) is 2.36. The van der Waals surface area contributed by atoms with Gasteiger partial charge in [0.2, 0.25) is 11.8 Å². The second-order valence-corrected chi connectivity index (χ2v) is 5.90. The summed E-state index contributed by atoms with van der Waals surface area (Å²) in [6, 6.07) is 11.7. The fourth-order valence-corrected chi connectivity index (χ4v) is 2.53. The Hall–Kier alpha value is -3.35. The van der Waals surface area contributed by atoms with Gasteiger partial charge in [0.25, 0.3) is 0 Å². The maximum atomic E-state index is 12.5. The summed E-state index contributed by atoms with van der Waals surface area (Å²) in [4.78, 5) is 37.3. The minimum Gasteiger partial charge on any atom is -0.495 e. The third-order valence-corrected chi connectivity index (χ3v) is 3.91. The van der Waals surface area contributed by atoms with Crippen molar-refractivity contribution >= 4 is 29.2 Å². The van der Waals surface area contributed by atoms with Crippen LogP contribution >= 0.6 is 0 Å². The Bertz CT molecular complexity index is 846. The van der Waals surface area contributed by atoms with Crippen LogP contribution in [0, 0.1) is 6.92 Å². The molecule has 0 radical (unpaired) electrons. The van der Waals surface area contributed by atoms with Crippen LogP contribution < -0.4 is 15.0 Å². The van der Waals surface area contributed by atoms with Crippen LogP contribution in [0.3, 0.4) is 0 Å². The van der Waals surface area contributed by atoms with Gasteiger partial charge in [-0.1, -0.05) is 6.07 Å². The zero-order valence-corrected chi connectivity index (χ0v) is 15.7. The van der Waals surface area contributed by atoms with E-state index in [1.54, 1.807) is 36.4 Å². The maximum Gasteiger partial charge on any atom is 0.337 e. The van der Waals surface area contributed by atoms with E-state index in [1.807, 2.05) is 13.0 Å². The van der Waals surface area contributed by atoms with Gasteiger partial charge in [-0.3, -0.25) is 9.59 Å². The lowest BCUT2D eigenvalue weighted by molar-refractivity contribution is -0.120. The number of ether oxygens (including phenoxy) is 2. The summed E-state index contributed by atoms with van der Waals surface area (Å²) in [6.07, 6.45) is 0. The minimum atomic E-state index is -0.472. The van der Waals surface area contributed by atoms with Crippen LogP contribution in [0.5, 0.6) is 5.75 Å². The minimum absolute atomic E-state index is 0.177. The number of nitrogens with one attached hydrogen (secondary N) is 1. The molecule has 7 heteroatoms. The number of aryl methyl sites for hydroxylation is 1. The Kier molecular flexibility index (Phi) is 6.54. The predicted octanol–water partition coefficient (Wildman–Crippen LogP) is 2.78. The second-order valence-electron chi connectivity index (χ2n) is 5.90. The van der Waals surface area contributed by atoms with Gasteiger partial charge in [0.1, 0.15) is 12.3 Å². The summed E-state index contributed by atoms with van der Waals surface area (Å²) in [5.74, 6) is -0.607. The molecule has 7 nitrogen and oxygen atoms in total. The molecule has 142 valence electrons. The van der Waals surface area contributed by atoms with E-state index in [4.69, 9.17) is 4.74 Å². The van der Waals surface area contributed by atoms with Crippen molar-refractivity contribution in [2.75, 3.05) is 31.0 Å². The first-order valence-corrected chi connectivity index (χ1v) is 8.26. The van der Waals surface area contributed by atoms with Crippen LogP contribution in [0.4, 0.5) is 11.4 Å². The molecule has 2 amide bonds. The van der Waals surface area contributed by atoms with Crippen LogP contribution in [0.1, 0.15) is 22.8 Å². The average Bonchev–Trinajstić information content (AvgIpc) is 2.65. The average molecular weight is 370 g/mol. The van der Waals surface area contributed by atoms with Gasteiger partial charge < -0.3 is 19.7 Å². The van der Waals surface area contributed by atoms with Crippen molar-refractivity contribution in [2.24, 2.45) is 0 Å². The summed E-state index contributed by atoms with van der Waals surface area (Å²) in [7, 11) is 2.81. The molecule has 1 N–H and O–H groups in total. The van der Waals surface area contributed by atoms with Gasteiger partial charge in [0.15, 0.2) is 0 Å². The molecule has 0 fully saturated rings. The molecule has 0 saturated carbocycles. The van der Waals surface area contributed by atoms with E-state index in [0.29, 0.717) is 22.7 Å². The topological polar surface area (TPSA) is 84.9 Å². The van der Waals surface area contributed by atoms with Crippen molar-refractivity contribution in [2.45, 2.75) is 13.8 Å². The van der Waals surface area contributed by atoms with Crippen molar-refractivity contribution in [3.05, 3.63) is 53.6 Å². The second kappa shape index (κ2) is 8.84. The highest BCUT2D eigenvalue weighted by atomic mass is 16.5. The number of nitrogens with zero attached hydrogens (tertiary/aromatic N) is 1. The normalized spacial score (nSPS) is 10.1. The van der Waals surface area contributed by atoms with Gasteiger partial charge in [-0.25, -0.2) is 4.79 Å². The molecule has 0 unspecified atom stereocenters. The molecule has 0 aliphatic rings. The third-order valence-electron chi connectivity index (χ3n) is 3.91. The summed E-state index contributed by atoms with van der Waals surface area (Å²) in [5, 5.41) is 2.76. The van der Waals surface area contributed by atoms with Crippen molar-refractivity contribution in [3.63, 3.8) is 0 Å². The van der Waals surface area contributed by atoms with Gasteiger partial charge in [0.05, 0.1) is 25.5 Å². The van der Waals surface area contributed by atoms with Gasteiger partial charge in [-0.05, 0) is 48.9 Å². The molecule has 0 aromatic heterocycles. The van der Waals surface area contributed by atoms with Crippen LogP contribution in [-0.2, 0) is 14.3 Å². The molecule has 0 saturated heterocycles. The SMILES string of the molecule is COC(=O)c1ccc(N(CC(=O)Nc2cc(C)ccc2OC)C(C)=O)cc1. The molecule has 0 aliphatic heterocycles. The standard InChI is InChI=1S/C20H22N2O5/c1-13-5-10-18(26-3)17(11-13)21-19(24)12-22(14(2)23)16-8-6-15(7-9-16)20(25)27-4/h5-11H,12H2,1-4H3,(H,21,24). The Morgan fingerprint density at radius 2 is 1.70 bits per heavy atom.